The van der Waals surface area contributed by atoms with Crippen molar-refractivity contribution in [1.82, 2.24) is 4.98 Å². The van der Waals surface area contributed by atoms with E-state index in [4.69, 9.17) is 0 Å². The predicted molar refractivity (Wildman–Crippen MR) is 60.6 cm³/mol. The van der Waals surface area contributed by atoms with Crippen LogP contribution >= 0.6 is 27.3 Å². The average Bonchev–Trinajstić information content (AvgIpc) is 2.64. The largest absolute Gasteiger partial charge is 0.298 e. The molecule has 0 unspecified atom stereocenters. The van der Waals surface area contributed by atoms with Crippen molar-refractivity contribution >= 4 is 33.6 Å². The Bertz CT molecular complexity index is 512. The minimum absolute atomic E-state index is 0.326. The number of thiazole rings is 1. The number of rotatable bonds is 2. The molecule has 0 radical (unpaired) electrons. The highest BCUT2D eigenvalue weighted by Crippen LogP contribution is 2.30. The van der Waals surface area contributed by atoms with Gasteiger partial charge >= 0.3 is 0 Å². The lowest BCUT2D eigenvalue weighted by atomic mass is 10.1. The predicted octanol–water partition coefficient (Wildman–Crippen LogP) is 3.52. The summed E-state index contributed by atoms with van der Waals surface area (Å²) in [6.07, 6.45) is 2.23. The second kappa shape index (κ2) is 4.20. The Morgan fingerprint density at radius 3 is 2.80 bits per heavy atom. The zero-order valence-corrected chi connectivity index (χ0v) is 9.81. The van der Waals surface area contributed by atoms with Gasteiger partial charge in [0.2, 0.25) is 0 Å². The molecule has 2 rings (SSSR count). The minimum Gasteiger partial charge on any atom is -0.298 e. The Morgan fingerprint density at radius 1 is 1.47 bits per heavy atom. The van der Waals surface area contributed by atoms with Gasteiger partial charge in [0.1, 0.15) is 17.1 Å². The van der Waals surface area contributed by atoms with Crippen LogP contribution in [0.15, 0.2) is 28.2 Å². The van der Waals surface area contributed by atoms with E-state index in [0.717, 1.165) is 3.79 Å². The van der Waals surface area contributed by atoms with E-state index >= 15 is 0 Å². The van der Waals surface area contributed by atoms with E-state index in [9.17, 15) is 9.18 Å². The van der Waals surface area contributed by atoms with Crippen LogP contribution in [-0.2, 0) is 0 Å². The van der Waals surface area contributed by atoms with Gasteiger partial charge in [-0.1, -0.05) is 6.07 Å². The number of halogens is 2. The molecule has 1 aromatic carbocycles. The molecule has 0 aliphatic carbocycles. The third-order valence-electron chi connectivity index (χ3n) is 1.84. The van der Waals surface area contributed by atoms with Crippen LogP contribution in [0.5, 0.6) is 0 Å². The molecule has 2 nitrogen and oxygen atoms in total. The molecule has 76 valence electrons. The van der Waals surface area contributed by atoms with Crippen LogP contribution in [0.4, 0.5) is 4.39 Å². The summed E-state index contributed by atoms with van der Waals surface area (Å²) in [4.78, 5) is 14.5. The number of aldehydes is 1. The van der Waals surface area contributed by atoms with Gasteiger partial charge in [-0.2, -0.15) is 0 Å². The second-order valence-electron chi connectivity index (χ2n) is 2.83. The van der Waals surface area contributed by atoms with E-state index in [1.165, 1.54) is 17.4 Å². The van der Waals surface area contributed by atoms with Gasteiger partial charge in [0.15, 0.2) is 0 Å². The standard InChI is InChI=1S/C10H5BrFNOS/c11-9-4-13-10(15-9)7-2-1-6(5-14)3-8(7)12/h1-5H. The van der Waals surface area contributed by atoms with Crippen LogP contribution in [0.1, 0.15) is 10.4 Å². The van der Waals surface area contributed by atoms with Crippen LogP contribution < -0.4 is 0 Å². The first-order valence-corrected chi connectivity index (χ1v) is 5.68. The van der Waals surface area contributed by atoms with Gasteiger partial charge in [-0.25, -0.2) is 9.37 Å². The minimum atomic E-state index is -0.429. The number of aromatic nitrogens is 1. The van der Waals surface area contributed by atoms with Crippen LogP contribution in [0.2, 0.25) is 0 Å². The van der Waals surface area contributed by atoms with E-state index in [0.29, 0.717) is 22.4 Å². The Hall–Kier alpha value is -1.07. The molecule has 0 aliphatic heterocycles. The molecule has 0 saturated heterocycles. The quantitative estimate of drug-likeness (QED) is 0.790. The molecule has 15 heavy (non-hydrogen) atoms. The van der Waals surface area contributed by atoms with Crippen molar-refractivity contribution in [2.24, 2.45) is 0 Å². The maximum atomic E-state index is 13.5. The third kappa shape index (κ3) is 2.13. The SMILES string of the molecule is O=Cc1ccc(-c2ncc(Br)s2)c(F)c1. The van der Waals surface area contributed by atoms with Crippen molar-refractivity contribution in [2.45, 2.75) is 0 Å². The lowest BCUT2D eigenvalue weighted by molar-refractivity contribution is 0.112. The molecular weight excluding hydrogens is 281 g/mol. The van der Waals surface area contributed by atoms with Crippen LogP contribution in [-0.4, -0.2) is 11.3 Å². The molecule has 2 aromatic rings. The maximum absolute atomic E-state index is 13.5. The maximum Gasteiger partial charge on any atom is 0.150 e. The summed E-state index contributed by atoms with van der Waals surface area (Å²) in [6, 6.07) is 4.34. The average molecular weight is 286 g/mol. The van der Waals surface area contributed by atoms with Crippen molar-refractivity contribution in [2.75, 3.05) is 0 Å². The second-order valence-corrected chi connectivity index (χ2v) is 5.24. The van der Waals surface area contributed by atoms with Gasteiger partial charge in [0.05, 0.1) is 9.98 Å². The van der Waals surface area contributed by atoms with Crippen molar-refractivity contribution in [1.29, 1.82) is 0 Å². The molecule has 0 atom stereocenters. The molecule has 0 fully saturated rings. The molecule has 0 amide bonds. The number of carbonyl (C=O) groups is 1. The fraction of sp³-hybridized carbons (Fsp3) is 0. The van der Waals surface area contributed by atoms with Gasteiger partial charge in [0, 0.05) is 11.1 Å². The highest BCUT2D eigenvalue weighted by Gasteiger charge is 2.09. The topological polar surface area (TPSA) is 30.0 Å². The Kier molecular flexibility index (Phi) is 2.93. The third-order valence-corrected chi connectivity index (χ3v) is 3.35. The van der Waals surface area contributed by atoms with Crippen molar-refractivity contribution in [3.63, 3.8) is 0 Å². The van der Waals surface area contributed by atoms with E-state index < -0.39 is 5.82 Å². The fourth-order valence-corrected chi connectivity index (χ4v) is 2.39. The zero-order valence-electron chi connectivity index (χ0n) is 7.41. The van der Waals surface area contributed by atoms with Crippen LogP contribution in [0, 0.1) is 5.82 Å². The number of benzene rings is 1. The highest BCUT2D eigenvalue weighted by atomic mass is 79.9. The van der Waals surface area contributed by atoms with E-state index in [2.05, 4.69) is 20.9 Å². The lowest BCUT2D eigenvalue weighted by Gasteiger charge is -1.98. The fourth-order valence-electron chi connectivity index (χ4n) is 1.16. The normalized spacial score (nSPS) is 10.3. The molecule has 0 N–H and O–H groups in total. The summed E-state index contributed by atoms with van der Waals surface area (Å²) >= 11 is 4.61. The van der Waals surface area contributed by atoms with Crippen molar-refractivity contribution < 1.29 is 9.18 Å². The Morgan fingerprint density at radius 2 is 2.27 bits per heavy atom. The van der Waals surface area contributed by atoms with Crippen molar-refractivity contribution in [3.05, 3.63) is 39.6 Å². The highest BCUT2D eigenvalue weighted by molar-refractivity contribution is 9.11. The van der Waals surface area contributed by atoms with Crippen molar-refractivity contribution in [3.8, 4) is 10.6 Å². The summed E-state index contributed by atoms with van der Waals surface area (Å²) in [5.41, 5.74) is 0.739. The molecule has 5 heteroatoms. The molecular formula is C10H5BrFNOS. The summed E-state index contributed by atoms with van der Waals surface area (Å²) in [5.74, 6) is -0.429. The smallest absolute Gasteiger partial charge is 0.150 e. The molecule has 0 spiro atoms. The first kappa shape index (κ1) is 10.4. The first-order valence-electron chi connectivity index (χ1n) is 4.07. The van der Waals surface area contributed by atoms with Gasteiger partial charge in [-0.05, 0) is 28.1 Å². The summed E-state index contributed by atoms with van der Waals surface area (Å²) < 4.78 is 14.4. The number of carbonyl (C=O) groups excluding carboxylic acids is 1. The van der Waals surface area contributed by atoms with E-state index in [-0.39, 0.29) is 0 Å². The summed E-state index contributed by atoms with van der Waals surface area (Å²) in [5, 5.41) is 0.594. The Labute approximate surface area is 97.9 Å². The van der Waals surface area contributed by atoms with E-state index in [1.807, 2.05) is 0 Å². The van der Waals surface area contributed by atoms with Crippen LogP contribution in [0.25, 0.3) is 10.6 Å². The monoisotopic (exact) mass is 285 g/mol. The molecule has 0 bridgehead atoms. The molecule has 0 saturated carbocycles. The lowest BCUT2D eigenvalue weighted by Crippen LogP contribution is -1.86. The zero-order chi connectivity index (χ0) is 10.8. The Balaban J connectivity index is 2.49. The van der Waals surface area contributed by atoms with Crippen LogP contribution in [0.3, 0.4) is 0 Å². The summed E-state index contributed by atoms with van der Waals surface area (Å²) in [6.45, 7) is 0. The number of hydrogen-bond donors (Lipinski definition) is 0. The van der Waals surface area contributed by atoms with Gasteiger partial charge in [-0.15, -0.1) is 11.3 Å². The molecule has 0 aliphatic rings. The number of hydrogen-bond acceptors (Lipinski definition) is 3. The first-order chi connectivity index (χ1) is 7.20. The van der Waals surface area contributed by atoms with Gasteiger partial charge in [0.25, 0.3) is 0 Å². The number of nitrogens with zero attached hydrogens (tertiary/aromatic N) is 1. The molecule has 1 aromatic heterocycles. The van der Waals surface area contributed by atoms with Gasteiger partial charge < -0.3 is 0 Å². The summed E-state index contributed by atoms with van der Waals surface area (Å²) in [7, 11) is 0. The van der Waals surface area contributed by atoms with E-state index in [1.54, 1.807) is 18.3 Å². The molecule has 1 heterocycles. The van der Waals surface area contributed by atoms with Gasteiger partial charge in [-0.3, -0.25) is 4.79 Å².